The SMILES string of the molecule is CCOc1ccccc1-c1nc(COc2ccc(C(=O)O)nc2)c(C)o1. The van der Waals surface area contributed by atoms with Crippen molar-refractivity contribution in [3.63, 3.8) is 0 Å². The second-order valence-electron chi connectivity index (χ2n) is 5.42. The maximum Gasteiger partial charge on any atom is 0.354 e. The van der Waals surface area contributed by atoms with Crippen LogP contribution in [0.4, 0.5) is 0 Å². The number of oxazole rings is 1. The lowest BCUT2D eigenvalue weighted by atomic mass is 10.2. The van der Waals surface area contributed by atoms with Gasteiger partial charge in [0, 0.05) is 0 Å². The molecule has 1 N–H and O–H groups in total. The van der Waals surface area contributed by atoms with E-state index < -0.39 is 5.97 Å². The van der Waals surface area contributed by atoms with E-state index in [1.165, 1.54) is 12.3 Å². The highest BCUT2D eigenvalue weighted by atomic mass is 16.5. The molecule has 7 nitrogen and oxygen atoms in total. The highest BCUT2D eigenvalue weighted by molar-refractivity contribution is 5.85. The Balaban J connectivity index is 1.75. The molecule has 0 bridgehead atoms. The molecule has 0 unspecified atom stereocenters. The van der Waals surface area contributed by atoms with Crippen LogP contribution in [0.2, 0.25) is 0 Å². The van der Waals surface area contributed by atoms with E-state index in [0.717, 1.165) is 5.56 Å². The standard InChI is InChI=1S/C19H18N2O5/c1-3-24-17-7-5-4-6-14(17)18-21-16(12(2)26-18)11-25-13-8-9-15(19(22)23)20-10-13/h4-10H,3,11H2,1-2H3,(H,22,23). The second-order valence-corrected chi connectivity index (χ2v) is 5.42. The van der Waals surface area contributed by atoms with E-state index in [4.69, 9.17) is 19.0 Å². The zero-order valence-electron chi connectivity index (χ0n) is 14.4. The molecule has 26 heavy (non-hydrogen) atoms. The molecule has 0 saturated carbocycles. The molecule has 3 rings (SSSR count). The van der Waals surface area contributed by atoms with Gasteiger partial charge in [-0.25, -0.2) is 14.8 Å². The van der Waals surface area contributed by atoms with Crippen LogP contribution in [0.5, 0.6) is 11.5 Å². The number of benzene rings is 1. The quantitative estimate of drug-likeness (QED) is 0.691. The van der Waals surface area contributed by atoms with E-state index in [0.29, 0.717) is 35.5 Å². The Labute approximate surface area is 150 Å². The number of nitrogens with zero attached hydrogens (tertiary/aromatic N) is 2. The Bertz CT molecular complexity index is 903. The number of hydrogen-bond acceptors (Lipinski definition) is 6. The Hall–Kier alpha value is -3.35. The van der Waals surface area contributed by atoms with Crippen LogP contribution in [0.1, 0.15) is 28.9 Å². The molecule has 0 saturated heterocycles. The number of carboxylic acids is 1. The molecular weight excluding hydrogens is 336 g/mol. The molecule has 1 aromatic carbocycles. The number of hydrogen-bond donors (Lipinski definition) is 1. The van der Waals surface area contributed by atoms with Gasteiger partial charge in [-0.1, -0.05) is 12.1 Å². The predicted molar refractivity (Wildman–Crippen MR) is 93.4 cm³/mol. The van der Waals surface area contributed by atoms with Crippen molar-refractivity contribution >= 4 is 5.97 Å². The van der Waals surface area contributed by atoms with Crippen LogP contribution in [0.15, 0.2) is 47.0 Å². The summed E-state index contributed by atoms with van der Waals surface area (Å²) in [5, 5.41) is 8.86. The van der Waals surface area contributed by atoms with Gasteiger partial charge in [0.1, 0.15) is 35.3 Å². The molecule has 0 aliphatic rings. The summed E-state index contributed by atoms with van der Waals surface area (Å²) < 4.78 is 17.0. The van der Waals surface area contributed by atoms with Crippen molar-refractivity contribution in [3.05, 3.63) is 59.7 Å². The first-order valence-electron chi connectivity index (χ1n) is 8.09. The minimum absolute atomic E-state index is 0.0372. The number of ether oxygens (including phenoxy) is 2. The number of aryl methyl sites for hydroxylation is 1. The summed E-state index contributed by atoms with van der Waals surface area (Å²) in [5.74, 6) is 1.18. The summed E-state index contributed by atoms with van der Waals surface area (Å²) in [7, 11) is 0. The Morgan fingerprint density at radius 3 is 2.69 bits per heavy atom. The summed E-state index contributed by atoms with van der Waals surface area (Å²) in [4.78, 5) is 19.1. The zero-order chi connectivity index (χ0) is 18.5. The van der Waals surface area contributed by atoms with Crippen molar-refractivity contribution in [2.75, 3.05) is 6.61 Å². The Morgan fingerprint density at radius 2 is 2.00 bits per heavy atom. The van der Waals surface area contributed by atoms with Crippen molar-refractivity contribution in [1.82, 2.24) is 9.97 Å². The van der Waals surface area contributed by atoms with Crippen molar-refractivity contribution in [1.29, 1.82) is 0 Å². The first kappa shape index (κ1) is 17.5. The zero-order valence-corrected chi connectivity index (χ0v) is 14.4. The molecule has 3 aromatic rings. The highest BCUT2D eigenvalue weighted by Gasteiger charge is 2.15. The lowest BCUT2D eigenvalue weighted by Gasteiger charge is -2.06. The molecule has 0 spiro atoms. The summed E-state index contributed by atoms with van der Waals surface area (Å²) in [6, 6.07) is 10.5. The lowest BCUT2D eigenvalue weighted by molar-refractivity contribution is 0.0690. The third-order valence-corrected chi connectivity index (χ3v) is 3.64. The van der Waals surface area contributed by atoms with E-state index in [1.54, 1.807) is 6.07 Å². The number of pyridine rings is 1. The van der Waals surface area contributed by atoms with Crippen LogP contribution >= 0.6 is 0 Å². The summed E-state index contributed by atoms with van der Waals surface area (Å²) in [5.41, 5.74) is 1.38. The van der Waals surface area contributed by atoms with Crippen molar-refractivity contribution < 1.29 is 23.8 Å². The van der Waals surface area contributed by atoms with Gasteiger partial charge in [-0.05, 0) is 38.1 Å². The predicted octanol–water partition coefficient (Wildman–Crippen LogP) is 3.72. The van der Waals surface area contributed by atoms with Crippen LogP contribution in [0.25, 0.3) is 11.5 Å². The normalized spacial score (nSPS) is 10.5. The van der Waals surface area contributed by atoms with Crippen LogP contribution in [0.3, 0.4) is 0 Å². The van der Waals surface area contributed by atoms with Gasteiger partial charge in [0.15, 0.2) is 0 Å². The number of aromatic carboxylic acids is 1. The molecule has 0 amide bonds. The molecule has 0 fully saturated rings. The van der Waals surface area contributed by atoms with E-state index in [9.17, 15) is 4.79 Å². The van der Waals surface area contributed by atoms with Gasteiger partial charge < -0.3 is 19.0 Å². The average Bonchev–Trinajstić information content (AvgIpc) is 3.01. The van der Waals surface area contributed by atoms with Gasteiger partial charge in [-0.2, -0.15) is 0 Å². The Morgan fingerprint density at radius 1 is 1.19 bits per heavy atom. The van der Waals surface area contributed by atoms with Crippen LogP contribution in [0, 0.1) is 6.92 Å². The molecule has 2 heterocycles. The first-order valence-corrected chi connectivity index (χ1v) is 8.09. The minimum Gasteiger partial charge on any atom is -0.493 e. The van der Waals surface area contributed by atoms with E-state index in [2.05, 4.69) is 9.97 Å². The first-order chi connectivity index (χ1) is 12.6. The third kappa shape index (κ3) is 3.83. The van der Waals surface area contributed by atoms with E-state index in [1.807, 2.05) is 38.1 Å². The highest BCUT2D eigenvalue weighted by Crippen LogP contribution is 2.30. The Kier molecular flexibility index (Phi) is 5.17. The summed E-state index contributed by atoms with van der Waals surface area (Å²) >= 11 is 0. The topological polar surface area (TPSA) is 94.7 Å². The average molecular weight is 354 g/mol. The number of rotatable bonds is 7. The number of aromatic nitrogens is 2. The fourth-order valence-electron chi connectivity index (χ4n) is 2.35. The van der Waals surface area contributed by atoms with Gasteiger partial charge in [0.2, 0.25) is 5.89 Å². The van der Waals surface area contributed by atoms with Crippen molar-refractivity contribution in [3.8, 4) is 23.0 Å². The maximum atomic E-state index is 10.8. The van der Waals surface area contributed by atoms with E-state index >= 15 is 0 Å². The lowest BCUT2D eigenvalue weighted by Crippen LogP contribution is -2.01. The minimum atomic E-state index is -1.08. The maximum absolute atomic E-state index is 10.8. The summed E-state index contributed by atoms with van der Waals surface area (Å²) in [6.45, 7) is 4.46. The van der Waals surface area contributed by atoms with Crippen molar-refractivity contribution in [2.45, 2.75) is 20.5 Å². The van der Waals surface area contributed by atoms with Gasteiger partial charge in [0.05, 0.1) is 18.4 Å². The van der Waals surface area contributed by atoms with Crippen LogP contribution in [-0.2, 0) is 6.61 Å². The van der Waals surface area contributed by atoms with Crippen LogP contribution in [-0.4, -0.2) is 27.7 Å². The molecule has 7 heteroatoms. The molecular formula is C19H18N2O5. The van der Waals surface area contributed by atoms with Gasteiger partial charge in [-0.15, -0.1) is 0 Å². The molecule has 134 valence electrons. The smallest absolute Gasteiger partial charge is 0.354 e. The second kappa shape index (κ2) is 7.69. The number of carboxylic acid groups (broad SMARTS) is 1. The summed E-state index contributed by atoms with van der Waals surface area (Å²) in [6.07, 6.45) is 1.37. The van der Waals surface area contributed by atoms with Gasteiger partial charge in [0.25, 0.3) is 0 Å². The van der Waals surface area contributed by atoms with Crippen LogP contribution < -0.4 is 9.47 Å². The fourth-order valence-corrected chi connectivity index (χ4v) is 2.35. The number of carbonyl (C=O) groups is 1. The third-order valence-electron chi connectivity index (χ3n) is 3.64. The molecule has 0 aliphatic carbocycles. The molecule has 0 radical (unpaired) electrons. The number of para-hydroxylation sites is 1. The molecule has 0 atom stereocenters. The van der Waals surface area contributed by atoms with Gasteiger partial charge in [-0.3, -0.25) is 0 Å². The monoisotopic (exact) mass is 354 g/mol. The van der Waals surface area contributed by atoms with E-state index in [-0.39, 0.29) is 12.3 Å². The largest absolute Gasteiger partial charge is 0.493 e. The fraction of sp³-hybridized carbons (Fsp3) is 0.211. The molecule has 2 aromatic heterocycles. The van der Waals surface area contributed by atoms with Crippen molar-refractivity contribution in [2.24, 2.45) is 0 Å². The van der Waals surface area contributed by atoms with Gasteiger partial charge >= 0.3 is 5.97 Å². The molecule has 0 aliphatic heterocycles.